The lowest BCUT2D eigenvalue weighted by molar-refractivity contribution is -0.121. The monoisotopic (exact) mass is 356 g/mol. The zero-order chi connectivity index (χ0) is 18.4. The fourth-order valence-electron chi connectivity index (χ4n) is 3.23. The van der Waals surface area contributed by atoms with E-state index in [0.29, 0.717) is 13.0 Å². The molecule has 2 heterocycles. The molecule has 1 fully saturated rings. The average Bonchev–Trinajstić information content (AvgIpc) is 3.03. The molecule has 3 rings (SSSR count). The van der Waals surface area contributed by atoms with E-state index < -0.39 is 0 Å². The van der Waals surface area contributed by atoms with Crippen LogP contribution in [0.4, 0.5) is 5.69 Å². The molecule has 2 aromatic rings. The number of aromatic nitrogens is 2. The lowest BCUT2D eigenvalue weighted by atomic mass is 10.1. The van der Waals surface area contributed by atoms with Crippen molar-refractivity contribution < 1.29 is 9.53 Å². The molecule has 1 saturated heterocycles. The molecular formula is C20H28N4O2. The topological polar surface area (TPSA) is 59.4 Å². The normalized spacial score (nSPS) is 14.5. The maximum atomic E-state index is 11.6. The lowest BCUT2D eigenvalue weighted by Crippen LogP contribution is -2.36. The molecule has 1 amide bonds. The molecule has 1 aliphatic rings. The standard InChI is InChI=1S/C20H28N4O2/c1-3-5-19(25)21-9-8-17-15-23(2)20(22-17)16-6-4-7-18(14-16)24-10-12-26-13-11-24/h4,6-7,14-15H,3,5,8-13H2,1-2H3,(H,21,25). The Balaban J connectivity index is 1.67. The molecule has 1 aromatic carbocycles. The molecule has 0 bridgehead atoms. The second kappa shape index (κ2) is 8.85. The molecule has 0 spiro atoms. The first-order valence-corrected chi connectivity index (χ1v) is 9.39. The van der Waals surface area contributed by atoms with Gasteiger partial charge in [0.05, 0.1) is 18.9 Å². The first kappa shape index (κ1) is 18.5. The molecule has 0 unspecified atom stereocenters. The van der Waals surface area contributed by atoms with Crippen molar-refractivity contribution in [3.05, 3.63) is 36.2 Å². The smallest absolute Gasteiger partial charge is 0.219 e. The minimum atomic E-state index is 0.113. The lowest BCUT2D eigenvalue weighted by Gasteiger charge is -2.29. The number of rotatable bonds is 7. The molecule has 0 aliphatic carbocycles. The molecule has 6 nitrogen and oxygen atoms in total. The van der Waals surface area contributed by atoms with Crippen LogP contribution in [0.15, 0.2) is 30.5 Å². The molecule has 1 aliphatic heterocycles. The Morgan fingerprint density at radius 1 is 1.31 bits per heavy atom. The average molecular weight is 356 g/mol. The van der Waals surface area contributed by atoms with Crippen molar-refractivity contribution in [2.75, 3.05) is 37.7 Å². The highest BCUT2D eigenvalue weighted by Crippen LogP contribution is 2.24. The largest absolute Gasteiger partial charge is 0.378 e. The van der Waals surface area contributed by atoms with Gasteiger partial charge in [0.15, 0.2) is 0 Å². The van der Waals surface area contributed by atoms with E-state index in [2.05, 4.69) is 39.0 Å². The number of nitrogens with zero attached hydrogens (tertiary/aromatic N) is 3. The van der Waals surface area contributed by atoms with E-state index in [0.717, 1.165) is 56.2 Å². The number of anilines is 1. The van der Waals surface area contributed by atoms with E-state index in [4.69, 9.17) is 9.72 Å². The molecule has 140 valence electrons. The maximum Gasteiger partial charge on any atom is 0.219 e. The fraction of sp³-hybridized carbons (Fsp3) is 0.500. The predicted octanol–water partition coefficient (Wildman–Crippen LogP) is 2.38. The number of hydrogen-bond acceptors (Lipinski definition) is 4. The first-order chi connectivity index (χ1) is 12.7. The van der Waals surface area contributed by atoms with E-state index in [-0.39, 0.29) is 5.91 Å². The number of morpholine rings is 1. The van der Waals surface area contributed by atoms with E-state index >= 15 is 0 Å². The Labute approximate surface area is 155 Å². The van der Waals surface area contributed by atoms with Gasteiger partial charge >= 0.3 is 0 Å². The quantitative estimate of drug-likeness (QED) is 0.827. The van der Waals surface area contributed by atoms with Crippen LogP contribution in [-0.4, -0.2) is 48.3 Å². The van der Waals surface area contributed by atoms with E-state index in [1.54, 1.807) is 0 Å². The molecule has 1 aromatic heterocycles. The summed E-state index contributed by atoms with van der Waals surface area (Å²) in [5.74, 6) is 1.07. The SMILES string of the molecule is CCCC(=O)NCCc1cn(C)c(-c2cccc(N3CCOCC3)c2)n1. The van der Waals surface area contributed by atoms with Crippen LogP contribution < -0.4 is 10.2 Å². The van der Waals surface area contributed by atoms with Crippen molar-refractivity contribution in [2.24, 2.45) is 7.05 Å². The molecule has 6 heteroatoms. The summed E-state index contributed by atoms with van der Waals surface area (Å²) in [6.45, 7) is 6.04. The second-order valence-corrected chi connectivity index (χ2v) is 6.67. The van der Waals surface area contributed by atoms with Gasteiger partial charge in [-0.3, -0.25) is 4.79 Å². The zero-order valence-electron chi connectivity index (χ0n) is 15.7. The third kappa shape index (κ3) is 4.64. The van der Waals surface area contributed by atoms with Crippen molar-refractivity contribution in [3.63, 3.8) is 0 Å². The van der Waals surface area contributed by atoms with Gasteiger partial charge in [-0.25, -0.2) is 4.98 Å². The molecule has 1 N–H and O–H groups in total. The summed E-state index contributed by atoms with van der Waals surface area (Å²) in [5, 5.41) is 2.95. The number of benzene rings is 1. The van der Waals surface area contributed by atoms with Crippen molar-refractivity contribution in [3.8, 4) is 11.4 Å². The number of carbonyl (C=O) groups is 1. The van der Waals surface area contributed by atoms with E-state index in [9.17, 15) is 4.79 Å². The van der Waals surface area contributed by atoms with Gasteiger partial charge < -0.3 is 19.5 Å². The van der Waals surface area contributed by atoms with Crippen molar-refractivity contribution >= 4 is 11.6 Å². The molecule has 0 radical (unpaired) electrons. The highest BCUT2D eigenvalue weighted by molar-refractivity contribution is 5.75. The highest BCUT2D eigenvalue weighted by atomic mass is 16.5. The predicted molar refractivity (Wildman–Crippen MR) is 103 cm³/mol. The van der Waals surface area contributed by atoms with Crippen LogP contribution in [0.3, 0.4) is 0 Å². The van der Waals surface area contributed by atoms with Gasteiger partial charge in [-0.2, -0.15) is 0 Å². The van der Waals surface area contributed by atoms with Crippen LogP contribution in [0.5, 0.6) is 0 Å². The van der Waals surface area contributed by atoms with Crippen molar-refractivity contribution in [1.29, 1.82) is 0 Å². The van der Waals surface area contributed by atoms with Crippen LogP contribution >= 0.6 is 0 Å². The minimum absolute atomic E-state index is 0.113. The van der Waals surface area contributed by atoms with Gasteiger partial charge in [-0.1, -0.05) is 19.1 Å². The molecular weight excluding hydrogens is 328 g/mol. The fourth-order valence-corrected chi connectivity index (χ4v) is 3.23. The van der Waals surface area contributed by atoms with Gasteiger partial charge in [-0.05, 0) is 18.6 Å². The Hall–Kier alpha value is -2.34. The number of nitrogens with one attached hydrogen (secondary N) is 1. The third-order valence-corrected chi connectivity index (χ3v) is 4.59. The number of carbonyl (C=O) groups excluding carboxylic acids is 1. The summed E-state index contributed by atoms with van der Waals surface area (Å²) in [5.41, 5.74) is 3.32. The highest BCUT2D eigenvalue weighted by Gasteiger charge is 2.14. The zero-order valence-corrected chi connectivity index (χ0v) is 15.7. The van der Waals surface area contributed by atoms with Crippen LogP contribution in [0.1, 0.15) is 25.5 Å². The number of amides is 1. The third-order valence-electron chi connectivity index (χ3n) is 4.59. The van der Waals surface area contributed by atoms with Gasteiger partial charge in [0.2, 0.25) is 5.91 Å². The summed E-state index contributed by atoms with van der Waals surface area (Å²) in [4.78, 5) is 18.7. The Kier molecular flexibility index (Phi) is 6.28. The Morgan fingerprint density at radius 3 is 2.88 bits per heavy atom. The maximum absolute atomic E-state index is 11.6. The number of ether oxygens (including phenoxy) is 1. The number of aryl methyl sites for hydroxylation is 1. The summed E-state index contributed by atoms with van der Waals surface area (Å²) in [6.07, 6.45) is 4.25. The van der Waals surface area contributed by atoms with E-state index in [1.165, 1.54) is 5.69 Å². The van der Waals surface area contributed by atoms with Gasteiger partial charge in [0, 0.05) is 57.0 Å². The van der Waals surface area contributed by atoms with Crippen molar-refractivity contribution in [2.45, 2.75) is 26.2 Å². The molecule has 26 heavy (non-hydrogen) atoms. The van der Waals surface area contributed by atoms with Gasteiger partial charge in [0.25, 0.3) is 0 Å². The van der Waals surface area contributed by atoms with Crippen LogP contribution in [0.2, 0.25) is 0 Å². The number of hydrogen-bond donors (Lipinski definition) is 1. The minimum Gasteiger partial charge on any atom is -0.378 e. The van der Waals surface area contributed by atoms with Crippen LogP contribution in [0.25, 0.3) is 11.4 Å². The first-order valence-electron chi connectivity index (χ1n) is 9.39. The van der Waals surface area contributed by atoms with Crippen LogP contribution in [-0.2, 0) is 23.0 Å². The molecule has 0 atom stereocenters. The number of imidazole rings is 1. The molecule has 0 saturated carbocycles. The van der Waals surface area contributed by atoms with Gasteiger partial charge in [-0.15, -0.1) is 0 Å². The van der Waals surface area contributed by atoms with E-state index in [1.807, 2.05) is 20.2 Å². The van der Waals surface area contributed by atoms with Crippen LogP contribution in [0, 0.1) is 0 Å². The Morgan fingerprint density at radius 2 is 2.12 bits per heavy atom. The summed E-state index contributed by atoms with van der Waals surface area (Å²) >= 11 is 0. The van der Waals surface area contributed by atoms with Crippen molar-refractivity contribution in [1.82, 2.24) is 14.9 Å². The Bertz CT molecular complexity index is 735. The second-order valence-electron chi connectivity index (χ2n) is 6.67. The summed E-state index contributed by atoms with van der Waals surface area (Å²) in [7, 11) is 2.02. The summed E-state index contributed by atoms with van der Waals surface area (Å²) < 4.78 is 7.50. The van der Waals surface area contributed by atoms with Gasteiger partial charge in [0.1, 0.15) is 5.82 Å². The summed E-state index contributed by atoms with van der Waals surface area (Å²) in [6, 6.07) is 8.51.